The second kappa shape index (κ2) is 4.30. The van der Waals surface area contributed by atoms with E-state index < -0.39 is 6.10 Å². The van der Waals surface area contributed by atoms with Gasteiger partial charge in [0, 0.05) is 17.3 Å². The molecule has 80 valence electrons. The van der Waals surface area contributed by atoms with Crippen molar-refractivity contribution in [2.45, 2.75) is 19.6 Å². The lowest BCUT2D eigenvalue weighted by atomic mass is 10.3. The van der Waals surface area contributed by atoms with Crippen molar-refractivity contribution in [2.75, 3.05) is 0 Å². The standard InChI is InChI=1S/C9H10ClN3OS/c1-6(14)8-2-3-13(12-8)5-7-4-11-9(10)15-7/h2-4,6,14H,5H2,1H3. The van der Waals surface area contributed by atoms with Crippen LogP contribution in [0.5, 0.6) is 0 Å². The SMILES string of the molecule is CC(O)c1ccn(Cc2cnc(Cl)s2)n1. The normalized spacial score (nSPS) is 13.0. The first-order valence-corrected chi connectivity index (χ1v) is 5.66. The predicted octanol–water partition coefficient (Wildman–Crippen LogP) is 2.09. The van der Waals surface area contributed by atoms with E-state index >= 15 is 0 Å². The summed E-state index contributed by atoms with van der Waals surface area (Å²) in [5.41, 5.74) is 0.672. The van der Waals surface area contributed by atoms with Crippen molar-refractivity contribution in [1.82, 2.24) is 14.8 Å². The Labute approximate surface area is 96.1 Å². The van der Waals surface area contributed by atoms with Crippen LogP contribution in [0.4, 0.5) is 0 Å². The molecule has 0 amide bonds. The molecule has 0 aliphatic heterocycles. The Morgan fingerprint density at radius 1 is 1.67 bits per heavy atom. The molecule has 0 aliphatic carbocycles. The Balaban J connectivity index is 2.11. The van der Waals surface area contributed by atoms with E-state index in [1.54, 1.807) is 23.9 Å². The molecule has 2 aromatic heterocycles. The van der Waals surface area contributed by atoms with Crippen molar-refractivity contribution in [2.24, 2.45) is 0 Å². The van der Waals surface area contributed by atoms with Gasteiger partial charge in [-0.05, 0) is 13.0 Å². The summed E-state index contributed by atoms with van der Waals surface area (Å²) in [4.78, 5) is 4.99. The average molecular weight is 244 g/mol. The predicted molar refractivity (Wildman–Crippen MR) is 59.1 cm³/mol. The zero-order valence-corrected chi connectivity index (χ0v) is 9.66. The van der Waals surface area contributed by atoms with Crippen molar-refractivity contribution >= 4 is 22.9 Å². The number of thiazole rings is 1. The van der Waals surface area contributed by atoms with Crippen LogP contribution in [-0.4, -0.2) is 19.9 Å². The molecule has 0 aliphatic rings. The molecule has 15 heavy (non-hydrogen) atoms. The molecule has 0 bridgehead atoms. The molecule has 0 fully saturated rings. The fourth-order valence-corrected chi connectivity index (χ4v) is 2.17. The molecule has 0 spiro atoms. The number of nitrogens with zero attached hydrogens (tertiary/aromatic N) is 3. The van der Waals surface area contributed by atoms with Crippen molar-refractivity contribution in [3.63, 3.8) is 0 Å². The van der Waals surface area contributed by atoms with Gasteiger partial charge in [0.15, 0.2) is 4.47 Å². The second-order valence-electron chi connectivity index (χ2n) is 3.19. The monoisotopic (exact) mass is 243 g/mol. The van der Waals surface area contributed by atoms with E-state index in [-0.39, 0.29) is 0 Å². The van der Waals surface area contributed by atoms with Crippen molar-refractivity contribution in [3.8, 4) is 0 Å². The Kier molecular flexibility index (Phi) is 3.04. The molecule has 1 atom stereocenters. The Bertz CT molecular complexity index is 452. The maximum atomic E-state index is 9.30. The quantitative estimate of drug-likeness (QED) is 0.898. The van der Waals surface area contributed by atoms with Crippen LogP contribution in [0.1, 0.15) is 23.6 Å². The average Bonchev–Trinajstić information content (AvgIpc) is 2.76. The summed E-state index contributed by atoms with van der Waals surface area (Å²) in [6, 6.07) is 1.80. The minimum Gasteiger partial charge on any atom is -0.387 e. The highest BCUT2D eigenvalue weighted by molar-refractivity contribution is 7.15. The lowest BCUT2D eigenvalue weighted by Crippen LogP contribution is -2.00. The molecule has 1 unspecified atom stereocenters. The van der Waals surface area contributed by atoms with E-state index in [4.69, 9.17) is 11.6 Å². The van der Waals surface area contributed by atoms with Crippen LogP contribution < -0.4 is 0 Å². The van der Waals surface area contributed by atoms with E-state index in [1.807, 2.05) is 6.20 Å². The van der Waals surface area contributed by atoms with Gasteiger partial charge in [0.1, 0.15) is 0 Å². The summed E-state index contributed by atoms with van der Waals surface area (Å²) in [7, 11) is 0. The summed E-state index contributed by atoms with van der Waals surface area (Å²) < 4.78 is 2.29. The van der Waals surface area contributed by atoms with E-state index in [0.717, 1.165) is 4.88 Å². The van der Waals surface area contributed by atoms with Crippen LogP contribution in [0.25, 0.3) is 0 Å². The molecular formula is C9H10ClN3OS. The van der Waals surface area contributed by atoms with Gasteiger partial charge in [-0.2, -0.15) is 5.10 Å². The van der Waals surface area contributed by atoms with Crippen molar-refractivity contribution in [1.29, 1.82) is 0 Å². The van der Waals surface area contributed by atoms with Crippen LogP contribution in [-0.2, 0) is 6.54 Å². The minimum atomic E-state index is -0.531. The smallest absolute Gasteiger partial charge is 0.183 e. The molecule has 4 nitrogen and oxygen atoms in total. The van der Waals surface area contributed by atoms with Crippen LogP contribution in [0.3, 0.4) is 0 Å². The van der Waals surface area contributed by atoms with E-state index in [0.29, 0.717) is 16.7 Å². The second-order valence-corrected chi connectivity index (χ2v) is 4.89. The highest BCUT2D eigenvalue weighted by Crippen LogP contribution is 2.18. The summed E-state index contributed by atoms with van der Waals surface area (Å²) in [5, 5.41) is 13.5. The maximum absolute atomic E-state index is 9.30. The first-order valence-electron chi connectivity index (χ1n) is 4.47. The summed E-state index contributed by atoms with van der Waals surface area (Å²) in [5.74, 6) is 0. The molecular weight excluding hydrogens is 234 g/mol. The van der Waals surface area contributed by atoms with E-state index in [1.165, 1.54) is 11.3 Å². The molecule has 1 N–H and O–H groups in total. The Morgan fingerprint density at radius 2 is 2.47 bits per heavy atom. The number of rotatable bonds is 3. The van der Waals surface area contributed by atoms with Gasteiger partial charge in [-0.25, -0.2) is 4.98 Å². The first-order chi connectivity index (χ1) is 7.15. The van der Waals surface area contributed by atoms with Gasteiger partial charge < -0.3 is 5.11 Å². The van der Waals surface area contributed by atoms with Crippen LogP contribution in [0.15, 0.2) is 18.5 Å². The fourth-order valence-electron chi connectivity index (χ4n) is 1.20. The van der Waals surface area contributed by atoms with Gasteiger partial charge in [-0.15, -0.1) is 11.3 Å². The first kappa shape index (κ1) is 10.6. The van der Waals surface area contributed by atoms with Gasteiger partial charge >= 0.3 is 0 Å². The third-order valence-corrected chi connectivity index (χ3v) is 3.03. The fraction of sp³-hybridized carbons (Fsp3) is 0.333. The van der Waals surface area contributed by atoms with Crippen LogP contribution in [0.2, 0.25) is 4.47 Å². The topological polar surface area (TPSA) is 50.9 Å². The van der Waals surface area contributed by atoms with E-state index in [2.05, 4.69) is 10.1 Å². The van der Waals surface area contributed by atoms with Crippen LogP contribution in [0, 0.1) is 0 Å². The molecule has 0 radical (unpaired) electrons. The highest BCUT2D eigenvalue weighted by atomic mass is 35.5. The van der Waals surface area contributed by atoms with Gasteiger partial charge in [0.2, 0.25) is 0 Å². The number of hydrogen-bond acceptors (Lipinski definition) is 4. The third-order valence-electron chi connectivity index (χ3n) is 1.93. The molecule has 6 heteroatoms. The summed E-state index contributed by atoms with van der Waals surface area (Å²) in [6.45, 7) is 2.33. The molecule has 2 rings (SSSR count). The lowest BCUT2D eigenvalue weighted by molar-refractivity contribution is 0.193. The summed E-state index contributed by atoms with van der Waals surface area (Å²) in [6.07, 6.45) is 3.03. The van der Waals surface area contributed by atoms with Crippen molar-refractivity contribution < 1.29 is 5.11 Å². The van der Waals surface area contributed by atoms with Gasteiger partial charge in [0.25, 0.3) is 0 Å². The molecule has 0 saturated heterocycles. The van der Waals surface area contributed by atoms with Crippen molar-refractivity contribution in [3.05, 3.63) is 33.5 Å². The van der Waals surface area contributed by atoms with Gasteiger partial charge in [-0.1, -0.05) is 11.6 Å². The summed E-state index contributed by atoms with van der Waals surface area (Å²) >= 11 is 7.15. The van der Waals surface area contributed by atoms with Gasteiger partial charge in [-0.3, -0.25) is 4.68 Å². The maximum Gasteiger partial charge on any atom is 0.183 e. The Morgan fingerprint density at radius 3 is 3.00 bits per heavy atom. The minimum absolute atomic E-state index is 0.531. The molecule has 0 saturated carbocycles. The lowest BCUT2D eigenvalue weighted by Gasteiger charge is -1.99. The number of hydrogen-bond donors (Lipinski definition) is 1. The van der Waals surface area contributed by atoms with E-state index in [9.17, 15) is 5.11 Å². The van der Waals surface area contributed by atoms with Crippen LogP contribution >= 0.6 is 22.9 Å². The molecule has 2 aromatic rings. The largest absolute Gasteiger partial charge is 0.387 e. The number of aliphatic hydroxyl groups is 1. The number of aromatic nitrogens is 3. The Hall–Kier alpha value is -0.910. The van der Waals surface area contributed by atoms with Gasteiger partial charge in [0.05, 0.1) is 18.3 Å². The number of aliphatic hydroxyl groups excluding tert-OH is 1. The zero-order chi connectivity index (χ0) is 10.8. The zero-order valence-electron chi connectivity index (χ0n) is 8.09. The molecule has 0 aromatic carbocycles. The third kappa shape index (κ3) is 2.56. The molecule has 2 heterocycles. The number of halogens is 1. The highest BCUT2D eigenvalue weighted by Gasteiger charge is 2.06.